The van der Waals surface area contributed by atoms with Crippen molar-refractivity contribution < 1.29 is 0 Å². The van der Waals surface area contributed by atoms with Crippen molar-refractivity contribution in [1.29, 1.82) is 0 Å². The number of rotatable bonds is 7. The van der Waals surface area contributed by atoms with Crippen molar-refractivity contribution in [3.8, 4) is 0 Å². The van der Waals surface area contributed by atoms with Crippen molar-refractivity contribution in [2.75, 3.05) is 6.54 Å². The van der Waals surface area contributed by atoms with Gasteiger partial charge >= 0.3 is 0 Å². The zero-order valence-corrected chi connectivity index (χ0v) is 12.5. The van der Waals surface area contributed by atoms with Crippen LogP contribution >= 0.6 is 0 Å². The molecular formula is C15H27N3. The van der Waals surface area contributed by atoms with Crippen LogP contribution in [-0.2, 0) is 6.42 Å². The van der Waals surface area contributed by atoms with Crippen molar-refractivity contribution in [2.24, 2.45) is 5.92 Å². The minimum atomic E-state index is 0.411. The molecule has 0 aliphatic heterocycles. The molecule has 1 unspecified atom stereocenters. The van der Waals surface area contributed by atoms with Crippen LogP contribution in [0.2, 0.25) is 0 Å². The molecule has 0 amide bonds. The van der Waals surface area contributed by atoms with Crippen LogP contribution in [0.15, 0.2) is 6.07 Å². The van der Waals surface area contributed by atoms with Crippen LogP contribution < -0.4 is 5.32 Å². The second-order valence-electron chi connectivity index (χ2n) is 4.85. The number of nitrogens with one attached hydrogen (secondary N) is 1. The van der Waals surface area contributed by atoms with E-state index in [2.05, 4.69) is 49.3 Å². The maximum atomic E-state index is 4.36. The Labute approximate surface area is 111 Å². The average molecular weight is 249 g/mol. The molecule has 0 saturated carbocycles. The van der Waals surface area contributed by atoms with Crippen molar-refractivity contribution in [3.05, 3.63) is 23.0 Å². The van der Waals surface area contributed by atoms with Gasteiger partial charge in [0.25, 0.3) is 0 Å². The quantitative estimate of drug-likeness (QED) is 0.804. The topological polar surface area (TPSA) is 37.8 Å². The van der Waals surface area contributed by atoms with Crippen LogP contribution in [0.4, 0.5) is 0 Å². The monoisotopic (exact) mass is 249 g/mol. The molecule has 0 radical (unpaired) electrons. The molecule has 1 rings (SSSR count). The molecule has 0 aliphatic carbocycles. The van der Waals surface area contributed by atoms with Gasteiger partial charge in [0.05, 0.1) is 11.4 Å². The van der Waals surface area contributed by atoms with Gasteiger partial charge in [-0.05, 0) is 37.4 Å². The SMILES string of the molecule is CCNC(c1cc(C)nnc1CC)C(CC)CC. The lowest BCUT2D eigenvalue weighted by molar-refractivity contribution is 0.343. The van der Waals surface area contributed by atoms with Crippen molar-refractivity contribution >= 4 is 0 Å². The highest BCUT2D eigenvalue weighted by molar-refractivity contribution is 5.25. The molecule has 18 heavy (non-hydrogen) atoms. The average Bonchev–Trinajstić information content (AvgIpc) is 2.39. The normalized spacial score (nSPS) is 13.0. The van der Waals surface area contributed by atoms with E-state index < -0.39 is 0 Å². The van der Waals surface area contributed by atoms with E-state index in [0.29, 0.717) is 12.0 Å². The van der Waals surface area contributed by atoms with E-state index in [-0.39, 0.29) is 0 Å². The highest BCUT2D eigenvalue weighted by Gasteiger charge is 2.22. The van der Waals surface area contributed by atoms with Crippen LogP contribution in [0.1, 0.15) is 63.5 Å². The lowest BCUT2D eigenvalue weighted by atomic mass is 9.87. The summed E-state index contributed by atoms with van der Waals surface area (Å²) in [5.41, 5.74) is 3.50. The lowest BCUT2D eigenvalue weighted by Crippen LogP contribution is -2.29. The van der Waals surface area contributed by atoms with E-state index >= 15 is 0 Å². The van der Waals surface area contributed by atoms with Crippen LogP contribution in [0, 0.1) is 12.8 Å². The summed E-state index contributed by atoms with van der Waals surface area (Å²) in [6.45, 7) is 11.9. The molecule has 3 nitrogen and oxygen atoms in total. The van der Waals surface area contributed by atoms with E-state index in [1.165, 1.54) is 18.4 Å². The van der Waals surface area contributed by atoms with Crippen molar-refractivity contribution in [2.45, 2.75) is 59.9 Å². The third kappa shape index (κ3) is 3.52. The fourth-order valence-corrected chi connectivity index (χ4v) is 2.59. The zero-order chi connectivity index (χ0) is 13.5. The summed E-state index contributed by atoms with van der Waals surface area (Å²) in [4.78, 5) is 0. The van der Waals surface area contributed by atoms with Crippen LogP contribution in [0.5, 0.6) is 0 Å². The first kappa shape index (κ1) is 15.1. The van der Waals surface area contributed by atoms with E-state index in [1.54, 1.807) is 0 Å². The molecule has 1 atom stereocenters. The molecule has 0 aromatic carbocycles. The van der Waals surface area contributed by atoms with Gasteiger partial charge in [0, 0.05) is 6.04 Å². The Morgan fingerprint density at radius 1 is 1.11 bits per heavy atom. The van der Waals surface area contributed by atoms with E-state index in [1.807, 2.05) is 6.92 Å². The van der Waals surface area contributed by atoms with Gasteiger partial charge in [-0.25, -0.2) is 0 Å². The van der Waals surface area contributed by atoms with Gasteiger partial charge in [0.1, 0.15) is 0 Å². The Morgan fingerprint density at radius 3 is 2.28 bits per heavy atom. The van der Waals surface area contributed by atoms with Gasteiger partial charge in [0.15, 0.2) is 0 Å². The minimum absolute atomic E-state index is 0.411. The predicted octanol–water partition coefficient (Wildman–Crippen LogP) is 3.43. The van der Waals surface area contributed by atoms with Gasteiger partial charge in [0.2, 0.25) is 0 Å². The van der Waals surface area contributed by atoms with Crippen LogP contribution in [0.3, 0.4) is 0 Å². The first-order valence-corrected chi connectivity index (χ1v) is 7.24. The maximum absolute atomic E-state index is 4.36. The summed E-state index contributed by atoms with van der Waals surface area (Å²) < 4.78 is 0. The van der Waals surface area contributed by atoms with Gasteiger partial charge in [-0.15, -0.1) is 0 Å². The summed E-state index contributed by atoms with van der Waals surface area (Å²) in [6.07, 6.45) is 3.34. The van der Waals surface area contributed by atoms with Gasteiger partial charge in [-0.1, -0.05) is 40.5 Å². The molecular weight excluding hydrogens is 222 g/mol. The molecule has 0 saturated heterocycles. The smallest absolute Gasteiger partial charge is 0.0676 e. The van der Waals surface area contributed by atoms with Crippen LogP contribution in [-0.4, -0.2) is 16.7 Å². The molecule has 0 aliphatic rings. The predicted molar refractivity (Wildman–Crippen MR) is 76.6 cm³/mol. The molecule has 3 heteroatoms. The summed E-state index contributed by atoms with van der Waals surface area (Å²) >= 11 is 0. The lowest BCUT2D eigenvalue weighted by Gasteiger charge is -2.28. The Balaban J connectivity index is 3.14. The first-order valence-electron chi connectivity index (χ1n) is 7.24. The third-order valence-electron chi connectivity index (χ3n) is 3.64. The Kier molecular flexibility index (Phi) is 6.27. The molecule has 0 bridgehead atoms. The van der Waals surface area contributed by atoms with Gasteiger partial charge < -0.3 is 5.32 Å². The Hall–Kier alpha value is -0.960. The largest absolute Gasteiger partial charge is 0.310 e. The molecule has 0 spiro atoms. The zero-order valence-electron chi connectivity index (χ0n) is 12.5. The Bertz CT molecular complexity index is 359. The molecule has 1 heterocycles. The van der Waals surface area contributed by atoms with E-state index in [0.717, 1.165) is 24.4 Å². The van der Waals surface area contributed by atoms with Crippen molar-refractivity contribution in [3.63, 3.8) is 0 Å². The number of hydrogen-bond donors (Lipinski definition) is 1. The third-order valence-corrected chi connectivity index (χ3v) is 3.64. The number of nitrogens with zero attached hydrogens (tertiary/aromatic N) is 2. The van der Waals surface area contributed by atoms with Crippen LogP contribution in [0.25, 0.3) is 0 Å². The molecule has 0 fully saturated rings. The maximum Gasteiger partial charge on any atom is 0.0676 e. The highest BCUT2D eigenvalue weighted by atomic mass is 15.1. The Morgan fingerprint density at radius 2 is 1.78 bits per heavy atom. The minimum Gasteiger partial charge on any atom is -0.310 e. The van der Waals surface area contributed by atoms with E-state index in [4.69, 9.17) is 0 Å². The first-order chi connectivity index (χ1) is 8.67. The van der Waals surface area contributed by atoms with E-state index in [9.17, 15) is 0 Å². The second-order valence-corrected chi connectivity index (χ2v) is 4.85. The molecule has 1 N–H and O–H groups in total. The highest BCUT2D eigenvalue weighted by Crippen LogP contribution is 2.29. The standard InChI is InChI=1S/C15H27N3/c1-6-12(7-2)15(16-9-4)13-10-11(5)17-18-14(13)8-3/h10,12,15-16H,6-9H2,1-5H3. The van der Waals surface area contributed by atoms with Crippen molar-refractivity contribution in [1.82, 2.24) is 15.5 Å². The molecule has 1 aromatic rings. The number of aromatic nitrogens is 2. The number of aryl methyl sites for hydroxylation is 2. The summed E-state index contributed by atoms with van der Waals surface area (Å²) in [6, 6.07) is 2.62. The second kappa shape index (κ2) is 7.47. The fourth-order valence-electron chi connectivity index (χ4n) is 2.59. The molecule has 102 valence electrons. The van der Waals surface area contributed by atoms with Gasteiger partial charge in [-0.3, -0.25) is 0 Å². The molecule has 1 aromatic heterocycles. The number of hydrogen-bond acceptors (Lipinski definition) is 3. The van der Waals surface area contributed by atoms with Gasteiger partial charge in [-0.2, -0.15) is 10.2 Å². The summed E-state index contributed by atoms with van der Waals surface area (Å²) in [5, 5.41) is 12.2. The fraction of sp³-hybridized carbons (Fsp3) is 0.733. The summed E-state index contributed by atoms with van der Waals surface area (Å²) in [5.74, 6) is 0.666. The summed E-state index contributed by atoms with van der Waals surface area (Å²) in [7, 11) is 0.